The van der Waals surface area contributed by atoms with Crippen molar-refractivity contribution < 1.29 is 0 Å². The summed E-state index contributed by atoms with van der Waals surface area (Å²) in [7, 11) is 0. The number of aromatic nitrogens is 2. The second kappa shape index (κ2) is 4.95. The minimum Gasteiger partial charge on any atom is -0.258 e. The Labute approximate surface area is 80.4 Å². The molecule has 0 radical (unpaired) electrons. The Morgan fingerprint density at radius 3 is 2.23 bits per heavy atom. The summed E-state index contributed by atoms with van der Waals surface area (Å²) in [4.78, 5) is 8.56. The molecule has 2 rings (SSSR count). The van der Waals surface area contributed by atoms with Crippen LogP contribution in [0.1, 0.15) is 50.4 Å². The number of hydrogen-bond donors (Lipinski definition) is 0. The molecule has 0 amide bonds. The molecule has 1 aromatic heterocycles. The van der Waals surface area contributed by atoms with Crippen LogP contribution in [0.3, 0.4) is 0 Å². The van der Waals surface area contributed by atoms with E-state index in [4.69, 9.17) is 0 Å². The van der Waals surface area contributed by atoms with Crippen molar-refractivity contribution in [2.24, 2.45) is 0 Å². The third-order valence-corrected chi connectivity index (χ3v) is 2.32. The Bertz CT molecular complexity index is 237. The van der Waals surface area contributed by atoms with Crippen LogP contribution >= 0.6 is 0 Å². The van der Waals surface area contributed by atoms with Crippen molar-refractivity contribution in [2.45, 2.75) is 46.0 Å². The average Bonchev–Trinajstić information content (AvgIpc) is 2.09. The molecule has 13 heavy (non-hydrogen) atoms. The van der Waals surface area contributed by atoms with Crippen LogP contribution in [0.25, 0.3) is 0 Å². The lowest BCUT2D eigenvalue weighted by Gasteiger charge is -2.24. The van der Waals surface area contributed by atoms with E-state index in [1.807, 2.05) is 33.2 Å². The zero-order valence-corrected chi connectivity index (χ0v) is 8.75. The molecule has 0 saturated heterocycles. The Morgan fingerprint density at radius 1 is 1.15 bits per heavy atom. The molecule has 0 spiro atoms. The first kappa shape index (κ1) is 10.2. The van der Waals surface area contributed by atoms with Crippen LogP contribution in [-0.2, 0) is 0 Å². The summed E-state index contributed by atoms with van der Waals surface area (Å²) < 4.78 is 0. The molecule has 72 valence electrons. The van der Waals surface area contributed by atoms with Gasteiger partial charge >= 0.3 is 0 Å². The van der Waals surface area contributed by atoms with Gasteiger partial charge in [0.05, 0.1) is 11.4 Å². The van der Waals surface area contributed by atoms with Crippen LogP contribution < -0.4 is 0 Å². The molecule has 0 atom stereocenters. The van der Waals surface area contributed by atoms with Crippen LogP contribution in [0.15, 0.2) is 12.4 Å². The molecule has 0 N–H and O–H groups in total. The summed E-state index contributed by atoms with van der Waals surface area (Å²) in [6.45, 7) is 5.97. The number of rotatable bonds is 1. The average molecular weight is 178 g/mol. The van der Waals surface area contributed by atoms with E-state index in [0.717, 1.165) is 5.69 Å². The quantitative estimate of drug-likeness (QED) is 0.660. The molecule has 1 saturated carbocycles. The summed E-state index contributed by atoms with van der Waals surface area (Å²) in [5.41, 5.74) is 2.19. The molecule has 0 unspecified atom stereocenters. The highest BCUT2D eigenvalue weighted by atomic mass is 14.8. The highest BCUT2D eigenvalue weighted by molar-refractivity contribution is 5.08. The highest BCUT2D eigenvalue weighted by Gasteiger charge is 2.20. The van der Waals surface area contributed by atoms with E-state index in [2.05, 4.69) is 9.97 Å². The fourth-order valence-corrected chi connectivity index (χ4v) is 1.32. The van der Waals surface area contributed by atoms with Gasteiger partial charge in [-0.15, -0.1) is 0 Å². The second-order valence-corrected chi connectivity index (χ2v) is 3.21. The first-order chi connectivity index (χ1) is 6.36. The third kappa shape index (κ3) is 2.51. The van der Waals surface area contributed by atoms with Crippen LogP contribution in [-0.4, -0.2) is 9.97 Å². The molecule has 0 aromatic carbocycles. The minimum absolute atomic E-state index is 0.711. The van der Waals surface area contributed by atoms with E-state index in [1.165, 1.54) is 25.0 Å². The predicted octanol–water partition coefficient (Wildman–Crippen LogP) is 3.08. The molecule has 0 bridgehead atoms. The van der Waals surface area contributed by atoms with Gasteiger partial charge in [-0.05, 0) is 19.8 Å². The highest BCUT2D eigenvalue weighted by Crippen LogP contribution is 2.34. The maximum Gasteiger partial charge on any atom is 0.0617 e. The molecule has 2 heteroatoms. The summed E-state index contributed by atoms with van der Waals surface area (Å²) in [6, 6.07) is 0. The Hall–Kier alpha value is -0.920. The molecular weight excluding hydrogens is 160 g/mol. The molecule has 1 aliphatic carbocycles. The van der Waals surface area contributed by atoms with Crippen LogP contribution in [0, 0.1) is 6.92 Å². The minimum atomic E-state index is 0.711. The van der Waals surface area contributed by atoms with Gasteiger partial charge in [-0.3, -0.25) is 9.97 Å². The van der Waals surface area contributed by atoms with Gasteiger partial charge in [0.1, 0.15) is 0 Å². The van der Waals surface area contributed by atoms with E-state index < -0.39 is 0 Å². The molecular formula is C11H18N2. The van der Waals surface area contributed by atoms with Gasteiger partial charge in [-0.2, -0.15) is 0 Å². The zero-order chi connectivity index (χ0) is 9.68. The molecule has 1 fully saturated rings. The summed E-state index contributed by atoms with van der Waals surface area (Å²) in [6.07, 6.45) is 7.74. The molecule has 0 aliphatic heterocycles. The SMILES string of the molecule is CC.Cc1cnc(C2CCC2)cn1. The lowest BCUT2D eigenvalue weighted by Crippen LogP contribution is -2.10. The van der Waals surface area contributed by atoms with Gasteiger partial charge in [-0.25, -0.2) is 0 Å². The Morgan fingerprint density at radius 2 is 1.85 bits per heavy atom. The van der Waals surface area contributed by atoms with Crippen molar-refractivity contribution in [3.63, 3.8) is 0 Å². The number of aryl methyl sites for hydroxylation is 1. The van der Waals surface area contributed by atoms with E-state index in [-0.39, 0.29) is 0 Å². The third-order valence-electron chi connectivity index (χ3n) is 2.32. The van der Waals surface area contributed by atoms with Crippen LogP contribution in [0.2, 0.25) is 0 Å². The van der Waals surface area contributed by atoms with Gasteiger partial charge in [0.15, 0.2) is 0 Å². The summed E-state index contributed by atoms with van der Waals surface area (Å²) >= 11 is 0. The van der Waals surface area contributed by atoms with Gasteiger partial charge in [-0.1, -0.05) is 20.3 Å². The summed E-state index contributed by atoms with van der Waals surface area (Å²) in [5.74, 6) is 0.711. The van der Waals surface area contributed by atoms with Crippen molar-refractivity contribution in [3.8, 4) is 0 Å². The van der Waals surface area contributed by atoms with Crippen LogP contribution in [0.4, 0.5) is 0 Å². The summed E-state index contributed by atoms with van der Waals surface area (Å²) in [5, 5.41) is 0. The lowest BCUT2D eigenvalue weighted by molar-refractivity contribution is 0.410. The van der Waals surface area contributed by atoms with Crippen molar-refractivity contribution >= 4 is 0 Å². The Balaban J connectivity index is 0.000000396. The van der Waals surface area contributed by atoms with Crippen molar-refractivity contribution in [1.29, 1.82) is 0 Å². The van der Waals surface area contributed by atoms with Gasteiger partial charge < -0.3 is 0 Å². The van der Waals surface area contributed by atoms with Crippen molar-refractivity contribution in [1.82, 2.24) is 9.97 Å². The van der Waals surface area contributed by atoms with Crippen molar-refractivity contribution in [3.05, 3.63) is 23.8 Å². The predicted molar refractivity (Wildman–Crippen MR) is 54.7 cm³/mol. The monoisotopic (exact) mass is 178 g/mol. The standard InChI is InChI=1S/C9H12N2.C2H6/c1-7-5-11-9(6-10-7)8-3-2-4-8;1-2/h5-6,8H,2-4H2,1H3;1-2H3. The largest absolute Gasteiger partial charge is 0.258 e. The maximum absolute atomic E-state index is 4.34. The number of nitrogens with zero attached hydrogens (tertiary/aromatic N) is 2. The Kier molecular flexibility index (Phi) is 3.87. The lowest BCUT2D eigenvalue weighted by atomic mass is 9.83. The van der Waals surface area contributed by atoms with E-state index in [1.54, 1.807) is 0 Å². The molecule has 1 aliphatic rings. The molecule has 1 aromatic rings. The van der Waals surface area contributed by atoms with E-state index >= 15 is 0 Å². The maximum atomic E-state index is 4.34. The molecule has 2 nitrogen and oxygen atoms in total. The molecule has 1 heterocycles. The first-order valence-corrected chi connectivity index (χ1v) is 5.15. The first-order valence-electron chi connectivity index (χ1n) is 5.15. The topological polar surface area (TPSA) is 25.8 Å². The van der Waals surface area contributed by atoms with E-state index in [0.29, 0.717) is 5.92 Å². The van der Waals surface area contributed by atoms with Gasteiger partial charge in [0.25, 0.3) is 0 Å². The number of hydrogen-bond acceptors (Lipinski definition) is 2. The fourth-order valence-electron chi connectivity index (χ4n) is 1.32. The second-order valence-electron chi connectivity index (χ2n) is 3.21. The van der Waals surface area contributed by atoms with Gasteiger partial charge in [0.2, 0.25) is 0 Å². The fraction of sp³-hybridized carbons (Fsp3) is 0.636. The van der Waals surface area contributed by atoms with Crippen LogP contribution in [0.5, 0.6) is 0 Å². The smallest absolute Gasteiger partial charge is 0.0617 e. The van der Waals surface area contributed by atoms with E-state index in [9.17, 15) is 0 Å². The van der Waals surface area contributed by atoms with Crippen molar-refractivity contribution in [2.75, 3.05) is 0 Å². The normalized spacial score (nSPS) is 15.6. The van der Waals surface area contributed by atoms with Gasteiger partial charge in [0, 0.05) is 18.3 Å². The zero-order valence-electron chi connectivity index (χ0n) is 8.75.